The van der Waals surface area contributed by atoms with Gasteiger partial charge in [0.1, 0.15) is 19.3 Å². The number of rotatable bonds is 1. The number of halogens is 1. The largest absolute Gasteiger partial charge is 0.486 e. The summed E-state index contributed by atoms with van der Waals surface area (Å²) in [6, 6.07) is 13.4. The molecular weight excluding hydrogens is 300 g/mol. The van der Waals surface area contributed by atoms with Crippen LogP contribution in [0.2, 0.25) is 5.02 Å². The van der Waals surface area contributed by atoms with Gasteiger partial charge in [-0.1, -0.05) is 11.6 Å². The number of aromatic amines is 1. The van der Waals surface area contributed by atoms with Crippen molar-refractivity contribution in [3.05, 3.63) is 47.0 Å². The lowest BCUT2D eigenvalue weighted by atomic mass is 10.1. The molecule has 2 aromatic carbocycles. The summed E-state index contributed by atoms with van der Waals surface area (Å²) in [6.07, 6.45) is 0. The number of nitrogens with zero attached hydrogens (tertiary/aromatic N) is 1. The summed E-state index contributed by atoms with van der Waals surface area (Å²) >= 11 is 6.04. The minimum Gasteiger partial charge on any atom is -0.486 e. The van der Waals surface area contributed by atoms with Crippen LogP contribution in [0.25, 0.3) is 22.2 Å². The van der Waals surface area contributed by atoms with E-state index in [1.807, 2.05) is 24.3 Å². The van der Waals surface area contributed by atoms with Crippen LogP contribution in [0.15, 0.2) is 36.4 Å². The van der Waals surface area contributed by atoms with Gasteiger partial charge in [0.15, 0.2) is 11.5 Å². The molecule has 0 unspecified atom stereocenters. The molecular formula is C17H11ClN2O2. The first kappa shape index (κ1) is 13.1. The summed E-state index contributed by atoms with van der Waals surface area (Å²) in [5.41, 5.74) is 3.10. The van der Waals surface area contributed by atoms with E-state index < -0.39 is 0 Å². The second kappa shape index (κ2) is 4.97. The molecule has 1 N–H and O–H groups in total. The predicted octanol–water partition coefficient (Wildman–Crippen LogP) is 4.13. The molecule has 4 rings (SSSR count). The Labute approximate surface area is 131 Å². The van der Waals surface area contributed by atoms with Gasteiger partial charge in [-0.05, 0) is 36.4 Å². The van der Waals surface area contributed by atoms with Crippen LogP contribution in [0, 0.1) is 11.3 Å². The highest BCUT2D eigenvalue weighted by Crippen LogP contribution is 2.37. The lowest BCUT2D eigenvalue weighted by molar-refractivity contribution is 0.171. The van der Waals surface area contributed by atoms with Gasteiger partial charge in [-0.15, -0.1) is 0 Å². The third-order valence-electron chi connectivity index (χ3n) is 3.70. The number of nitrogens with one attached hydrogen (secondary N) is 1. The first-order chi connectivity index (χ1) is 10.8. The number of aromatic nitrogens is 1. The minimum absolute atomic E-state index is 0.532. The Kier molecular flexibility index (Phi) is 2.95. The highest BCUT2D eigenvalue weighted by Gasteiger charge is 2.17. The smallest absolute Gasteiger partial charge is 0.162 e. The molecule has 0 amide bonds. The third kappa shape index (κ3) is 1.99. The Balaban J connectivity index is 1.92. The highest BCUT2D eigenvalue weighted by molar-refractivity contribution is 6.31. The van der Waals surface area contributed by atoms with Crippen molar-refractivity contribution in [2.24, 2.45) is 0 Å². The molecule has 0 atom stereocenters. The molecule has 0 radical (unpaired) electrons. The van der Waals surface area contributed by atoms with Crippen molar-refractivity contribution >= 4 is 22.5 Å². The maximum Gasteiger partial charge on any atom is 0.162 e. The van der Waals surface area contributed by atoms with Gasteiger partial charge >= 0.3 is 0 Å². The summed E-state index contributed by atoms with van der Waals surface area (Å²) in [6.45, 7) is 1.09. The van der Waals surface area contributed by atoms with E-state index in [4.69, 9.17) is 21.1 Å². The van der Waals surface area contributed by atoms with Gasteiger partial charge in [-0.2, -0.15) is 5.26 Å². The van der Waals surface area contributed by atoms with Crippen molar-refractivity contribution in [3.63, 3.8) is 0 Å². The zero-order chi connectivity index (χ0) is 15.1. The molecule has 0 saturated heterocycles. The van der Waals surface area contributed by atoms with Gasteiger partial charge in [-0.25, -0.2) is 0 Å². The van der Waals surface area contributed by atoms with E-state index in [9.17, 15) is 5.26 Å². The standard InChI is InChI=1S/C17H11ClN2O2/c18-11-2-3-14-12(8-11)13(9-19)17(20-14)10-1-4-15-16(7-10)22-6-5-21-15/h1-4,7-8,20H,5-6H2. The number of ether oxygens (including phenoxy) is 2. The molecule has 1 aromatic heterocycles. The van der Waals surface area contributed by atoms with Crippen LogP contribution in [0.5, 0.6) is 11.5 Å². The number of hydrogen-bond donors (Lipinski definition) is 1. The minimum atomic E-state index is 0.532. The monoisotopic (exact) mass is 310 g/mol. The molecule has 1 aliphatic rings. The first-order valence-electron chi connectivity index (χ1n) is 6.87. The van der Waals surface area contributed by atoms with Crippen LogP contribution in [-0.2, 0) is 0 Å². The SMILES string of the molecule is N#Cc1c(-c2ccc3c(c2)OCCO3)[nH]c2ccc(Cl)cc12. The summed E-state index contributed by atoms with van der Waals surface area (Å²) in [5, 5.41) is 11.0. The number of benzene rings is 2. The second-order valence-electron chi connectivity index (χ2n) is 5.04. The maximum absolute atomic E-state index is 9.53. The zero-order valence-electron chi connectivity index (χ0n) is 11.5. The first-order valence-corrected chi connectivity index (χ1v) is 7.25. The van der Waals surface area contributed by atoms with Gasteiger partial charge in [0, 0.05) is 21.5 Å². The average molecular weight is 311 g/mol. The fraction of sp³-hybridized carbons (Fsp3) is 0.118. The van der Waals surface area contributed by atoms with Crippen molar-refractivity contribution in [1.29, 1.82) is 5.26 Å². The van der Waals surface area contributed by atoms with E-state index in [1.54, 1.807) is 12.1 Å². The Bertz CT molecular complexity index is 924. The number of H-pyrrole nitrogens is 1. The van der Waals surface area contributed by atoms with Gasteiger partial charge in [0.05, 0.1) is 11.3 Å². The van der Waals surface area contributed by atoms with Crippen molar-refractivity contribution in [1.82, 2.24) is 4.98 Å². The second-order valence-corrected chi connectivity index (χ2v) is 5.47. The van der Waals surface area contributed by atoms with Crippen molar-refractivity contribution in [2.45, 2.75) is 0 Å². The molecule has 0 saturated carbocycles. The van der Waals surface area contributed by atoms with E-state index in [0.29, 0.717) is 29.5 Å². The van der Waals surface area contributed by atoms with Crippen LogP contribution < -0.4 is 9.47 Å². The molecule has 108 valence electrons. The van der Waals surface area contributed by atoms with Crippen LogP contribution in [0.1, 0.15) is 5.56 Å². The summed E-state index contributed by atoms with van der Waals surface area (Å²) in [5.74, 6) is 1.43. The van der Waals surface area contributed by atoms with Crippen molar-refractivity contribution in [3.8, 4) is 28.8 Å². The molecule has 4 nitrogen and oxygen atoms in total. The van der Waals surface area contributed by atoms with E-state index in [-0.39, 0.29) is 0 Å². The van der Waals surface area contributed by atoms with Gasteiger partial charge in [0.2, 0.25) is 0 Å². The fourth-order valence-corrected chi connectivity index (χ4v) is 2.87. The fourth-order valence-electron chi connectivity index (χ4n) is 2.70. The van der Waals surface area contributed by atoms with E-state index in [2.05, 4.69) is 11.1 Å². The molecule has 3 aromatic rings. The molecule has 0 fully saturated rings. The number of nitriles is 1. The highest BCUT2D eigenvalue weighted by atomic mass is 35.5. The molecule has 2 heterocycles. The molecule has 0 aliphatic carbocycles. The number of hydrogen-bond acceptors (Lipinski definition) is 3. The molecule has 0 bridgehead atoms. The van der Waals surface area contributed by atoms with Crippen LogP contribution in [-0.4, -0.2) is 18.2 Å². The summed E-state index contributed by atoms with van der Waals surface area (Å²) in [7, 11) is 0. The van der Waals surface area contributed by atoms with Crippen LogP contribution in [0.4, 0.5) is 0 Å². The summed E-state index contributed by atoms with van der Waals surface area (Å²) in [4.78, 5) is 3.29. The average Bonchev–Trinajstić information content (AvgIpc) is 2.92. The predicted molar refractivity (Wildman–Crippen MR) is 84.4 cm³/mol. The topological polar surface area (TPSA) is 58.0 Å². The van der Waals surface area contributed by atoms with E-state index in [0.717, 1.165) is 27.9 Å². The Morgan fingerprint density at radius 1 is 1.05 bits per heavy atom. The Hall–Kier alpha value is -2.64. The Morgan fingerprint density at radius 3 is 2.68 bits per heavy atom. The maximum atomic E-state index is 9.53. The van der Waals surface area contributed by atoms with Gasteiger partial charge in [-0.3, -0.25) is 0 Å². The molecule has 22 heavy (non-hydrogen) atoms. The van der Waals surface area contributed by atoms with Gasteiger partial charge in [0.25, 0.3) is 0 Å². The van der Waals surface area contributed by atoms with E-state index in [1.165, 1.54) is 0 Å². The number of fused-ring (bicyclic) bond motifs is 2. The van der Waals surface area contributed by atoms with Crippen molar-refractivity contribution < 1.29 is 9.47 Å². The van der Waals surface area contributed by atoms with Crippen molar-refractivity contribution in [2.75, 3.05) is 13.2 Å². The van der Waals surface area contributed by atoms with E-state index >= 15 is 0 Å². The van der Waals surface area contributed by atoms with Crippen LogP contribution in [0.3, 0.4) is 0 Å². The normalized spacial score (nSPS) is 13.1. The molecule has 1 aliphatic heterocycles. The lowest BCUT2D eigenvalue weighted by Gasteiger charge is -2.18. The summed E-state index contributed by atoms with van der Waals surface area (Å²) < 4.78 is 11.1. The third-order valence-corrected chi connectivity index (χ3v) is 3.94. The van der Waals surface area contributed by atoms with Gasteiger partial charge < -0.3 is 14.5 Å². The molecule has 0 spiro atoms. The zero-order valence-corrected chi connectivity index (χ0v) is 12.3. The van der Waals surface area contributed by atoms with Crippen LogP contribution >= 0.6 is 11.6 Å². The Morgan fingerprint density at radius 2 is 1.86 bits per heavy atom. The lowest BCUT2D eigenvalue weighted by Crippen LogP contribution is -2.15. The molecule has 5 heteroatoms. The quantitative estimate of drug-likeness (QED) is 0.735.